The Hall–Kier alpha value is -0.480. The summed E-state index contributed by atoms with van der Waals surface area (Å²) in [6.07, 6.45) is 0. The van der Waals surface area contributed by atoms with Gasteiger partial charge in [-0.3, -0.25) is 0 Å². The average Bonchev–Trinajstić information content (AvgIpc) is 2.67. The summed E-state index contributed by atoms with van der Waals surface area (Å²) in [6, 6.07) is 1.15. The summed E-state index contributed by atoms with van der Waals surface area (Å²) in [5.74, 6) is -1.15. The Morgan fingerprint density at radius 3 is 2.68 bits per heavy atom. The van der Waals surface area contributed by atoms with E-state index in [9.17, 15) is 13.2 Å². The molecule has 0 radical (unpaired) electrons. The van der Waals surface area contributed by atoms with Gasteiger partial charge in [0, 0.05) is 12.0 Å². The number of hydrogen-bond acceptors (Lipinski definition) is 5. The van der Waals surface area contributed by atoms with Gasteiger partial charge in [0.15, 0.2) is 0 Å². The van der Waals surface area contributed by atoms with Gasteiger partial charge in [-0.05, 0) is 22.0 Å². The SMILES string of the molecule is CC1(CNS(=O)(=O)c2cc(C(=O)O)sc2Br)COC1. The van der Waals surface area contributed by atoms with Crippen molar-refractivity contribution in [1.82, 2.24) is 4.72 Å². The molecule has 9 heteroatoms. The molecule has 0 saturated carbocycles. The molecule has 106 valence electrons. The molecular formula is C10H12BrNO5S2. The van der Waals surface area contributed by atoms with Crippen LogP contribution in [0.15, 0.2) is 14.7 Å². The van der Waals surface area contributed by atoms with E-state index in [0.717, 1.165) is 17.4 Å². The average molecular weight is 370 g/mol. The molecule has 2 heterocycles. The van der Waals surface area contributed by atoms with E-state index in [1.165, 1.54) is 0 Å². The van der Waals surface area contributed by atoms with Gasteiger partial charge in [0.25, 0.3) is 0 Å². The number of halogens is 1. The van der Waals surface area contributed by atoms with Gasteiger partial charge in [0.1, 0.15) is 9.77 Å². The first-order valence-electron chi connectivity index (χ1n) is 5.34. The Bertz CT molecular complexity index is 605. The normalized spacial score (nSPS) is 18.0. The molecule has 6 nitrogen and oxygen atoms in total. The maximum absolute atomic E-state index is 12.1. The largest absolute Gasteiger partial charge is 0.477 e. The van der Waals surface area contributed by atoms with Crippen molar-refractivity contribution in [3.8, 4) is 0 Å². The number of aromatic carboxylic acids is 1. The van der Waals surface area contributed by atoms with E-state index in [1.54, 1.807) is 0 Å². The van der Waals surface area contributed by atoms with Crippen molar-refractivity contribution in [1.29, 1.82) is 0 Å². The number of carboxylic acid groups (broad SMARTS) is 1. The Morgan fingerprint density at radius 1 is 1.63 bits per heavy atom. The Kier molecular flexibility index (Phi) is 4.03. The molecule has 1 aliphatic heterocycles. The number of rotatable bonds is 5. The summed E-state index contributed by atoms with van der Waals surface area (Å²) in [7, 11) is -3.72. The molecule has 0 aromatic carbocycles. The summed E-state index contributed by atoms with van der Waals surface area (Å²) in [4.78, 5) is 10.8. The zero-order valence-electron chi connectivity index (χ0n) is 9.97. The second kappa shape index (κ2) is 5.13. The predicted octanol–water partition coefficient (Wildman–Crippen LogP) is 1.52. The number of carbonyl (C=O) groups is 1. The minimum Gasteiger partial charge on any atom is -0.477 e. The molecule has 0 amide bonds. The van der Waals surface area contributed by atoms with Crippen molar-refractivity contribution in [3.63, 3.8) is 0 Å². The van der Waals surface area contributed by atoms with Crippen molar-refractivity contribution >= 4 is 43.3 Å². The van der Waals surface area contributed by atoms with Gasteiger partial charge >= 0.3 is 5.97 Å². The fourth-order valence-electron chi connectivity index (χ4n) is 1.54. The molecule has 0 bridgehead atoms. The third-order valence-electron chi connectivity index (χ3n) is 2.75. The first-order valence-corrected chi connectivity index (χ1v) is 8.43. The highest BCUT2D eigenvalue weighted by Gasteiger charge is 2.35. The van der Waals surface area contributed by atoms with Crippen LogP contribution in [-0.4, -0.2) is 39.3 Å². The predicted molar refractivity (Wildman–Crippen MR) is 73.1 cm³/mol. The van der Waals surface area contributed by atoms with Crippen LogP contribution in [0.1, 0.15) is 16.6 Å². The molecule has 0 unspecified atom stereocenters. The molecular weight excluding hydrogens is 358 g/mol. The van der Waals surface area contributed by atoms with Crippen molar-refractivity contribution in [2.24, 2.45) is 5.41 Å². The molecule has 2 N–H and O–H groups in total. The highest BCUT2D eigenvalue weighted by Crippen LogP contribution is 2.32. The van der Waals surface area contributed by atoms with Crippen molar-refractivity contribution in [2.75, 3.05) is 19.8 Å². The minimum absolute atomic E-state index is 0.0227. The molecule has 1 fully saturated rings. The maximum Gasteiger partial charge on any atom is 0.345 e. The van der Waals surface area contributed by atoms with E-state index in [-0.39, 0.29) is 25.5 Å². The highest BCUT2D eigenvalue weighted by molar-refractivity contribution is 9.11. The third-order valence-corrected chi connectivity index (χ3v) is 6.39. The van der Waals surface area contributed by atoms with Crippen LogP contribution in [0.3, 0.4) is 0 Å². The smallest absolute Gasteiger partial charge is 0.345 e. The first kappa shape index (κ1) is 14.9. The first-order chi connectivity index (χ1) is 8.73. The summed E-state index contributed by atoms with van der Waals surface area (Å²) in [6.45, 7) is 3.21. The van der Waals surface area contributed by atoms with Crippen LogP contribution in [0.4, 0.5) is 0 Å². The number of hydrogen-bond donors (Lipinski definition) is 2. The van der Waals surface area contributed by atoms with Gasteiger partial charge in [0.05, 0.1) is 17.0 Å². The summed E-state index contributed by atoms with van der Waals surface area (Å²) in [5, 5.41) is 8.85. The lowest BCUT2D eigenvalue weighted by molar-refractivity contribution is -0.0965. The quantitative estimate of drug-likeness (QED) is 0.820. The van der Waals surface area contributed by atoms with E-state index in [4.69, 9.17) is 9.84 Å². The van der Waals surface area contributed by atoms with Crippen LogP contribution in [0.2, 0.25) is 0 Å². The summed E-state index contributed by atoms with van der Waals surface area (Å²) in [5.41, 5.74) is -0.189. The topological polar surface area (TPSA) is 92.7 Å². The van der Waals surface area contributed by atoms with Gasteiger partial charge < -0.3 is 9.84 Å². The molecule has 1 aromatic heterocycles. The monoisotopic (exact) mass is 369 g/mol. The Morgan fingerprint density at radius 2 is 2.26 bits per heavy atom. The van der Waals surface area contributed by atoms with Gasteiger partial charge in [-0.1, -0.05) is 6.92 Å². The van der Waals surface area contributed by atoms with E-state index in [1.807, 2.05) is 6.92 Å². The van der Waals surface area contributed by atoms with Gasteiger partial charge in [0.2, 0.25) is 10.0 Å². The molecule has 1 aliphatic rings. The van der Waals surface area contributed by atoms with Gasteiger partial charge in [-0.2, -0.15) is 0 Å². The molecule has 2 rings (SSSR count). The van der Waals surface area contributed by atoms with Crippen LogP contribution in [0.5, 0.6) is 0 Å². The van der Waals surface area contributed by atoms with Crippen LogP contribution in [0.25, 0.3) is 0 Å². The van der Waals surface area contributed by atoms with Crippen LogP contribution < -0.4 is 4.72 Å². The Labute approximate surface area is 123 Å². The lowest BCUT2D eigenvalue weighted by Crippen LogP contribution is -2.48. The van der Waals surface area contributed by atoms with Crippen molar-refractivity contribution in [3.05, 3.63) is 14.7 Å². The van der Waals surface area contributed by atoms with Gasteiger partial charge in [-0.25, -0.2) is 17.9 Å². The number of thiophene rings is 1. The second-order valence-corrected chi connectivity index (χ2v) is 8.79. The number of ether oxygens (including phenoxy) is 1. The molecule has 0 spiro atoms. The summed E-state index contributed by atoms with van der Waals surface area (Å²) >= 11 is 3.96. The van der Waals surface area contributed by atoms with Crippen LogP contribution in [0, 0.1) is 5.41 Å². The number of sulfonamides is 1. The van der Waals surface area contributed by atoms with Crippen molar-refractivity contribution < 1.29 is 23.1 Å². The second-order valence-electron chi connectivity index (χ2n) is 4.68. The fraction of sp³-hybridized carbons (Fsp3) is 0.500. The van der Waals surface area contributed by atoms with Crippen LogP contribution >= 0.6 is 27.3 Å². The van der Waals surface area contributed by atoms with Gasteiger partial charge in [-0.15, -0.1) is 11.3 Å². The molecule has 0 aliphatic carbocycles. The lowest BCUT2D eigenvalue weighted by atomic mass is 9.89. The summed E-state index contributed by atoms with van der Waals surface area (Å²) < 4.78 is 32.0. The van der Waals surface area contributed by atoms with E-state index in [2.05, 4.69) is 20.7 Å². The minimum atomic E-state index is -3.72. The third kappa shape index (κ3) is 3.16. The zero-order chi connectivity index (χ0) is 14.3. The maximum atomic E-state index is 12.1. The Balaban J connectivity index is 2.17. The van der Waals surface area contributed by atoms with E-state index < -0.39 is 16.0 Å². The molecule has 19 heavy (non-hydrogen) atoms. The van der Waals surface area contributed by atoms with Crippen LogP contribution in [-0.2, 0) is 14.8 Å². The standard InChI is InChI=1S/C10H12BrNO5S2/c1-10(4-17-5-10)3-12-19(15,16)7-2-6(9(13)14)18-8(7)11/h2,12H,3-5H2,1H3,(H,13,14). The number of carboxylic acids is 1. The lowest BCUT2D eigenvalue weighted by Gasteiger charge is -2.37. The fourth-order valence-corrected chi connectivity index (χ4v) is 5.14. The molecule has 0 atom stereocenters. The van der Waals surface area contributed by atoms with E-state index in [0.29, 0.717) is 13.2 Å². The highest BCUT2D eigenvalue weighted by atomic mass is 79.9. The molecule has 1 saturated heterocycles. The molecule has 1 aromatic rings. The van der Waals surface area contributed by atoms with Crippen molar-refractivity contribution in [2.45, 2.75) is 11.8 Å². The number of nitrogens with one attached hydrogen (secondary N) is 1. The van der Waals surface area contributed by atoms with E-state index >= 15 is 0 Å². The zero-order valence-corrected chi connectivity index (χ0v) is 13.2.